The van der Waals surface area contributed by atoms with Gasteiger partial charge >= 0.3 is 0 Å². The maximum atomic E-state index is 4.40. The van der Waals surface area contributed by atoms with Gasteiger partial charge in [0.25, 0.3) is 0 Å². The van der Waals surface area contributed by atoms with Crippen molar-refractivity contribution >= 4 is 22.1 Å². The number of rotatable bonds is 1. The Bertz CT molecular complexity index is 887. The summed E-state index contributed by atoms with van der Waals surface area (Å²) >= 11 is 0. The minimum Gasteiger partial charge on any atom is -0.343 e. The van der Waals surface area contributed by atoms with Crippen molar-refractivity contribution in [2.75, 3.05) is 0 Å². The van der Waals surface area contributed by atoms with Gasteiger partial charge in [-0.1, -0.05) is 12.1 Å². The van der Waals surface area contributed by atoms with Gasteiger partial charge in [-0.25, -0.2) is 15.0 Å². The smallest absolute Gasteiger partial charge is 0.151 e. The van der Waals surface area contributed by atoms with Crippen molar-refractivity contribution in [1.29, 1.82) is 0 Å². The average molecular weight is 249 g/mol. The van der Waals surface area contributed by atoms with Gasteiger partial charge in [-0.2, -0.15) is 0 Å². The van der Waals surface area contributed by atoms with E-state index in [1.165, 1.54) is 0 Å². The lowest BCUT2D eigenvalue weighted by molar-refractivity contribution is 1.02. The van der Waals surface area contributed by atoms with Crippen LogP contribution in [0.5, 0.6) is 0 Å². The number of benzene rings is 1. The number of para-hydroxylation sites is 2. The van der Waals surface area contributed by atoms with E-state index in [1.807, 2.05) is 35.8 Å². The van der Waals surface area contributed by atoms with Gasteiger partial charge in [0, 0.05) is 5.69 Å². The molecule has 5 heteroatoms. The molecule has 0 aliphatic heterocycles. The van der Waals surface area contributed by atoms with Crippen LogP contribution in [0.3, 0.4) is 0 Å². The van der Waals surface area contributed by atoms with Crippen LogP contribution < -0.4 is 0 Å². The number of fused-ring (bicyclic) bond motifs is 2. The van der Waals surface area contributed by atoms with E-state index in [2.05, 4.69) is 26.0 Å². The van der Waals surface area contributed by atoms with E-state index in [9.17, 15) is 0 Å². The third-order valence-corrected chi connectivity index (χ3v) is 3.22. The molecule has 1 aromatic carbocycles. The second-order valence-electron chi connectivity index (χ2n) is 4.52. The van der Waals surface area contributed by atoms with Crippen molar-refractivity contribution < 1.29 is 0 Å². The van der Waals surface area contributed by atoms with Crippen LogP contribution in [-0.2, 0) is 0 Å². The fraction of sp³-hybridized carbons (Fsp3) is 0.0714. The standard InChI is InChI=1S/C14H11N5/c1-9-6-10-13(18-9)15-7-16-14(10)19-8-17-11-4-2-3-5-12(11)19/h2-8H,1H3,(H,15,16,18). The molecular formula is C14H11N5. The summed E-state index contributed by atoms with van der Waals surface area (Å²) in [4.78, 5) is 16.3. The van der Waals surface area contributed by atoms with Crippen molar-refractivity contribution in [3.05, 3.63) is 48.7 Å². The van der Waals surface area contributed by atoms with Crippen molar-refractivity contribution in [3.63, 3.8) is 0 Å². The van der Waals surface area contributed by atoms with Crippen molar-refractivity contribution in [2.24, 2.45) is 0 Å². The van der Waals surface area contributed by atoms with E-state index >= 15 is 0 Å². The molecule has 0 unspecified atom stereocenters. The van der Waals surface area contributed by atoms with Crippen molar-refractivity contribution in [1.82, 2.24) is 24.5 Å². The molecule has 0 saturated carbocycles. The predicted molar refractivity (Wildman–Crippen MR) is 73.3 cm³/mol. The Labute approximate surface area is 109 Å². The highest BCUT2D eigenvalue weighted by Crippen LogP contribution is 2.22. The van der Waals surface area contributed by atoms with Gasteiger partial charge in [0.05, 0.1) is 16.4 Å². The molecular weight excluding hydrogens is 238 g/mol. The lowest BCUT2D eigenvalue weighted by Crippen LogP contribution is -1.97. The van der Waals surface area contributed by atoms with E-state index in [4.69, 9.17) is 0 Å². The van der Waals surface area contributed by atoms with Gasteiger partial charge in [-0.05, 0) is 25.1 Å². The number of aryl methyl sites for hydroxylation is 1. The Morgan fingerprint density at radius 3 is 2.95 bits per heavy atom. The minimum atomic E-state index is 0.847. The zero-order chi connectivity index (χ0) is 12.8. The van der Waals surface area contributed by atoms with Gasteiger partial charge in [-0.15, -0.1) is 0 Å². The summed E-state index contributed by atoms with van der Waals surface area (Å²) in [6, 6.07) is 10.1. The zero-order valence-electron chi connectivity index (χ0n) is 10.3. The molecule has 3 heterocycles. The van der Waals surface area contributed by atoms with Crippen LogP contribution in [0.15, 0.2) is 43.0 Å². The largest absolute Gasteiger partial charge is 0.343 e. The molecule has 0 saturated heterocycles. The van der Waals surface area contributed by atoms with Crippen LogP contribution >= 0.6 is 0 Å². The molecule has 19 heavy (non-hydrogen) atoms. The number of nitrogens with zero attached hydrogens (tertiary/aromatic N) is 4. The Kier molecular flexibility index (Phi) is 1.97. The Morgan fingerprint density at radius 1 is 1.11 bits per heavy atom. The first-order chi connectivity index (χ1) is 9.33. The second-order valence-corrected chi connectivity index (χ2v) is 4.52. The van der Waals surface area contributed by atoms with E-state index in [1.54, 1.807) is 12.7 Å². The molecule has 0 aliphatic carbocycles. The minimum absolute atomic E-state index is 0.847. The predicted octanol–water partition coefficient (Wildman–Crippen LogP) is 2.61. The molecule has 0 atom stereocenters. The Hall–Kier alpha value is -2.69. The molecule has 5 nitrogen and oxygen atoms in total. The number of aromatic nitrogens is 5. The summed E-state index contributed by atoms with van der Waals surface area (Å²) in [5.74, 6) is 0.850. The SMILES string of the molecule is Cc1cc2c(-n3cnc4ccccc43)ncnc2[nH]1. The lowest BCUT2D eigenvalue weighted by Gasteiger charge is -2.03. The van der Waals surface area contributed by atoms with Gasteiger partial charge in [0.2, 0.25) is 0 Å². The van der Waals surface area contributed by atoms with Crippen LogP contribution in [-0.4, -0.2) is 24.5 Å². The molecule has 0 fully saturated rings. The van der Waals surface area contributed by atoms with Crippen LogP contribution in [0, 0.1) is 6.92 Å². The quantitative estimate of drug-likeness (QED) is 0.564. The second kappa shape index (κ2) is 3.65. The van der Waals surface area contributed by atoms with Gasteiger partial charge in [-0.3, -0.25) is 4.57 Å². The first-order valence-corrected chi connectivity index (χ1v) is 6.06. The normalized spacial score (nSPS) is 11.4. The highest BCUT2D eigenvalue weighted by molar-refractivity contribution is 5.87. The van der Waals surface area contributed by atoms with Gasteiger partial charge < -0.3 is 4.98 Å². The van der Waals surface area contributed by atoms with Crippen LogP contribution in [0.4, 0.5) is 0 Å². The van der Waals surface area contributed by atoms with E-state index in [-0.39, 0.29) is 0 Å². The number of nitrogens with one attached hydrogen (secondary N) is 1. The summed E-state index contributed by atoms with van der Waals surface area (Å²) in [5, 5.41) is 1.00. The maximum Gasteiger partial charge on any atom is 0.151 e. The fourth-order valence-electron chi connectivity index (χ4n) is 2.38. The number of H-pyrrole nitrogens is 1. The molecule has 0 radical (unpaired) electrons. The molecule has 0 bridgehead atoms. The lowest BCUT2D eigenvalue weighted by atomic mass is 10.3. The monoisotopic (exact) mass is 249 g/mol. The average Bonchev–Trinajstić information content (AvgIpc) is 3.00. The third kappa shape index (κ3) is 1.45. The molecule has 4 rings (SSSR count). The van der Waals surface area contributed by atoms with E-state index in [0.717, 1.165) is 33.6 Å². The fourth-order valence-corrected chi connectivity index (χ4v) is 2.38. The number of imidazole rings is 1. The number of aromatic amines is 1. The molecule has 4 aromatic rings. The molecule has 0 aliphatic rings. The summed E-state index contributed by atoms with van der Waals surface area (Å²) < 4.78 is 1.99. The topological polar surface area (TPSA) is 59.4 Å². The van der Waals surface area contributed by atoms with Crippen LogP contribution in [0.2, 0.25) is 0 Å². The van der Waals surface area contributed by atoms with Gasteiger partial charge in [0.1, 0.15) is 18.3 Å². The van der Waals surface area contributed by atoms with Crippen LogP contribution in [0.1, 0.15) is 5.69 Å². The molecule has 92 valence electrons. The maximum absolute atomic E-state index is 4.40. The van der Waals surface area contributed by atoms with Crippen molar-refractivity contribution in [2.45, 2.75) is 6.92 Å². The van der Waals surface area contributed by atoms with Crippen molar-refractivity contribution in [3.8, 4) is 5.82 Å². The van der Waals surface area contributed by atoms with E-state index in [0.29, 0.717) is 0 Å². The molecule has 0 amide bonds. The number of hydrogen-bond acceptors (Lipinski definition) is 3. The summed E-state index contributed by atoms with van der Waals surface area (Å²) in [7, 11) is 0. The first kappa shape index (κ1) is 10.3. The zero-order valence-corrected chi connectivity index (χ0v) is 10.3. The van der Waals surface area contributed by atoms with Crippen LogP contribution in [0.25, 0.3) is 27.9 Å². The highest BCUT2D eigenvalue weighted by Gasteiger charge is 2.10. The van der Waals surface area contributed by atoms with Gasteiger partial charge in [0.15, 0.2) is 5.82 Å². The highest BCUT2D eigenvalue weighted by atomic mass is 15.1. The summed E-state index contributed by atoms with van der Waals surface area (Å²) in [5.41, 5.74) is 3.92. The Morgan fingerprint density at radius 2 is 2.00 bits per heavy atom. The molecule has 3 aromatic heterocycles. The third-order valence-electron chi connectivity index (χ3n) is 3.22. The number of hydrogen-bond donors (Lipinski definition) is 1. The van der Waals surface area contributed by atoms with E-state index < -0.39 is 0 Å². The molecule has 1 N–H and O–H groups in total. The Balaban J connectivity index is 2.09. The molecule has 0 spiro atoms. The summed E-state index contributed by atoms with van der Waals surface area (Å²) in [6.07, 6.45) is 3.37. The first-order valence-electron chi connectivity index (χ1n) is 6.06. The summed E-state index contributed by atoms with van der Waals surface area (Å²) in [6.45, 7) is 2.01.